The number of benzene rings is 2. The number of likely N-dealkylation sites (tertiary alicyclic amines) is 1. The lowest BCUT2D eigenvalue weighted by molar-refractivity contribution is -0.384. The summed E-state index contributed by atoms with van der Waals surface area (Å²) in [6, 6.07) is 12.1. The molecule has 182 valence electrons. The fraction of sp³-hybridized carbons (Fsp3) is 0.462. The molecular formula is C26H33N3O5. The van der Waals surface area contributed by atoms with E-state index in [0.29, 0.717) is 18.2 Å². The first kappa shape index (κ1) is 25.4. The van der Waals surface area contributed by atoms with Gasteiger partial charge in [-0.1, -0.05) is 38.1 Å². The highest BCUT2D eigenvalue weighted by Gasteiger charge is 2.26. The van der Waals surface area contributed by atoms with Crippen LogP contribution in [0.4, 0.5) is 11.4 Å². The Morgan fingerprint density at radius 3 is 2.41 bits per heavy atom. The lowest BCUT2D eigenvalue weighted by Crippen LogP contribution is -2.38. The van der Waals surface area contributed by atoms with Crippen LogP contribution in [0.5, 0.6) is 5.75 Å². The van der Waals surface area contributed by atoms with Crippen molar-refractivity contribution < 1.29 is 19.2 Å². The van der Waals surface area contributed by atoms with Crippen molar-refractivity contribution in [3.8, 4) is 5.75 Å². The number of non-ortho nitro benzene ring substituents is 1. The molecular weight excluding hydrogens is 434 g/mol. The van der Waals surface area contributed by atoms with Gasteiger partial charge in [0.1, 0.15) is 5.75 Å². The van der Waals surface area contributed by atoms with Crippen LogP contribution in [-0.2, 0) is 11.2 Å². The van der Waals surface area contributed by atoms with Gasteiger partial charge in [0.2, 0.25) is 5.91 Å². The zero-order chi connectivity index (χ0) is 24.7. The third-order valence-corrected chi connectivity index (χ3v) is 6.16. The Hall–Kier alpha value is -3.26. The third-order valence-electron chi connectivity index (χ3n) is 6.16. The van der Waals surface area contributed by atoms with Gasteiger partial charge in [-0.25, -0.2) is 0 Å². The largest absolute Gasteiger partial charge is 0.495 e. The number of nitrogens with zero attached hydrogens (tertiary/aromatic N) is 2. The number of methoxy groups -OCH3 is 1. The fourth-order valence-electron chi connectivity index (χ4n) is 4.31. The van der Waals surface area contributed by atoms with E-state index in [1.807, 2.05) is 12.1 Å². The molecule has 1 aliphatic heterocycles. The van der Waals surface area contributed by atoms with Crippen molar-refractivity contribution in [2.45, 2.75) is 39.5 Å². The highest BCUT2D eigenvalue weighted by atomic mass is 16.6. The van der Waals surface area contributed by atoms with Gasteiger partial charge < -0.3 is 15.0 Å². The second kappa shape index (κ2) is 11.7. The quantitative estimate of drug-likeness (QED) is 0.308. The Balaban J connectivity index is 1.46. The number of nitro groups is 1. The van der Waals surface area contributed by atoms with E-state index in [0.717, 1.165) is 37.9 Å². The number of anilines is 1. The maximum atomic E-state index is 12.9. The molecule has 0 atom stereocenters. The van der Waals surface area contributed by atoms with Crippen LogP contribution < -0.4 is 10.1 Å². The van der Waals surface area contributed by atoms with Crippen LogP contribution in [0.15, 0.2) is 42.5 Å². The zero-order valence-electron chi connectivity index (χ0n) is 20.1. The average molecular weight is 468 g/mol. The van der Waals surface area contributed by atoms with Gasteiger partial charge in [-0.2, -0.15) is 0 Å². The summed E-state index contributed by atoms with van der Waals surface area (Å²) in [5.41, 5.74) is 2.20. The normalized spacial score (nSPS) is 14.7. The fourth-order valence-corrected chi connectivity index (χ4v) is 4.31. The monoisotopic (exact) mass is 467 g/mol. The number of ketones is 1. The molecule has 3 rings (SSSR count). The number of carbonyl (C=O) groups excluding carboxylic acids is 2. The van der Waals surface area contributed by atoms with Crippen molar-refractivity contribution in [3.63, 3.8) is 0 Å². The molecule has 1 saturated heterocycles. The minimum Gasteiger partial charge on any atom is -0.495 e. The first-order valence-electron chi connectivity index (χ1n) is 11.7. The summed E-state index contributed by atoms with van der Waals surface area (Å²) >= 11 is 0. The van der Waals surface area contributed by atoms with Gasteiger partial charge >= 0.3 is 0 Å². The van der Waals surface area contributed by atoms with Gasteiger partial charge in [-0.3, -0.25) is 19.7 Å². The number of hydrogen-bond acceptors (Lipinski definition) is 6. The van der Waals surface area contributed by atoms with E-state index >= 15 is 0 Å². The number of amides is 1. The van der Waals surface area contributed by atoms with Gasteiger partial charge in [0, 0.05) is 36.6 Å². The molecule has 8 heteroatoms. The number of rotatable bonds is 10. The van der Waals surface area contributed by atoms with Crippen LogP contribution in [0, 0.1) is 22.0 Å². The van der Waals surface area contributed by atoms with Gasteiger partial charge in [0.15, 0.2) is 5.78 Å². The van der Waals surface area contributed by atoms with E-state index in [2.05, 4.69) is 36.2 Å². The second-order valence-corrected chi connectivity index (χ2v) is 9.21. The van der Waals surface area contributed by atoms with Crippen LogP contribution in [0.1, 0.15) is 49.0 Å². The van der Waals surface area contributed by atoms with Crippen molar-refractivity contribution in [2.75, 3.05) is 32.1 Å². The molecule has 1 fully saturated rings. The second-order valence-electron chi connectivity index (χ2n) is 9.21. The number of nitrogens with one attached hydrogen (secondary N) is 1. The molecule has 0 aromatic heterocycles. The maximum absolute atomic E-state index is 12.9. The Bertz CT molecular complexity index is 1010. The molecule has 2 aromatic carbocycles. The van der Waals surface area contributed by atoms with Crippen molar-refractivity contribution >= 4 is 23.1 Å². The summed E-state index contributed by atoms with van der Waals surface area (Å²) in [5, 5.41) is 13.7. The number of carbonyl (C=O) groups is 2. The molecule has 1 heterocycles. The highest BCUT2D eigenvalue weighted by Crippen LogP contribution is 2.29. The molecule has 0 unspecified atom stereocenters. The smallest absolute Gasteiger partial charge is 0.271 e. The van der Waals surface area contributed by atoms with Crippen LogP contribution in [-0.4, -0.2) is 48.3 Å². The molecule has 0 spiro atoms. The van der Waals surface area contributed by atoms with Gasteiger partial charge in [0.25, 0.3) is 5.69 Å². The summed E-state index contributed by atoms with van der Waals surface area (Å²) in [5.74, 6) is 0.927. The Labute approximate surface area is 200 Å². The standard InChI is InChI=1S/C26H33N3O5/c1-18(2)16-19-4-6-20(7-5-19)26(31)21-10-13-28(14-11-21)15-12-25(30)27-23-17-22(29(32)33)8-9-24(23)34-3/h4-9,17-18,21H,10-16H2,1-3H3,(H,27,30). The zero-order valence-corrected chi connectivity index (χ0v) is 20.1. The predicted molar refractivity (Wildman–Crippen MR) is 131 cm³/mol. The van der Waals surface area contributed by atoms with Gasteiger partial charge in [-0.05, 0) is 49.9 Å². The molecule has 0 aliphatic carbocycles. The van der Waals surface area contributed by atoms with Crippen molar-refractivity contribution in [1.29, 1.82) is 0 Å². The molecule has 1 aliphatic rings. The first-order valence-corrected chi connectivity index (χ1v) is 11.7. The molecule has 2 aromatic rings. The van der Waals surface area contributed by atoms with Gasteiger partial charge in [0.05, 0.1) is 17.7 Å². The van der Waals surface area contributed by atoms with Crippen molar-refractivity contribution in [3.05, 3.63) is 63.7 Å². The van der Waals surface area contributed by atoms with Crippen LogP contribution in [0.25, 0.3) is 0 Å². The summed E-state index contributed by atoms with van der Waals surface area (Å²) in [6.45, 7) is 6.44. The van der Waals surface area contributed by atoms with E-state index in [1.54, 1.807) is 0 Å². The molecule has 8 nitrogen and oxygen atoms in total. The van der Waals surface area contributed by atoms with E-state index in [4.69, 9.17) is 4.74 Å². The lowest BCUT2D eigenvalue weighted by Gasteiger charge is -2.31. The van der Waals surface area contributed by atoms with Crippen molar-refractivity contribution in [2.24, 2.45) is 11.8 Å². The van der Waals surface area contributed by atoms with E-state index < -0.39 is 4.92 Å². The molecule has 0 saturated carbocycles. The average Bonchev–Trinajstić information content (AvgIpc) is 2.82. The molecule has 0 radical (unpaired) electrons. The minimum absolute atomic E-state index is 0.00940. The molecule has 34 heavy (non-hydrogen) atoms. The number of ether oxygens (including phenoxy) is 1. The molecule has 1 N–H and O–H groups in total. The summed E-state index contributed by atoms with van der Waals surface area (Å²) in [6.07, 6.45) is 2.80. The van der Waals surface area contributed by atoms with Crippen molar-refractivity contribution in [1.82, 2.24) is 4.90 Å². The predicted octanol–water partition coefficient (Wildman–Crippen LogP) is 4.73. The summed E-state index contributed by atoms with van der Waals surface area (Å²) in [7, 11) is 1.45. The first-order chi connectivity index (χ1) is 16.3. The molecule has 1 amide bonds. The number of hydrogen-bond donors (Lipinski definition) is 1. The van der Waals surface area contributed by atoms with Crippen LogP contribution in [0.3, 0.4) is 0 Å². The Morgan fingerprint density at radius 1 is 1.15 bits per heavy atom. The lowest BCUT2D eigenvalue weighted by atomic mass is 9.88. The Kier molecular flexibility index (Phi) is 8.76. The summed E-state index contributed by atoms with van der Waals surface area (Å²) in [4.78, 5) is 38.0. The maximum Gasteiger partial charge on any atom is 0.271 e. The Morgan fingerprint density at radius 2 is 1.82 bits per heavy atom. The number of piperidine rings is 1. The van der Waals surface area contributed by atoms with Gasteiger partial charge in [-0.15, -0.1) is 0 Å². The number of nitro benzene ring substituents is 1. The number of Topliss-reactive ketones (excluding diaryl/α,β-unsaturated/α-hetero) is 1. The minimum atomic E-state index is -0.513. The highest BCUT2D eigenvalue weighted by molar-refractivity contribution is 5.98. The van der Waals surface area contributed by atoms with Crippen LogP contribution in [0.2, 0.25) is 0 Å². The van der Waals surface area contributed by atoms with E-state index in [9.17, 15) is 19.7 Å². The summed E-state index contributed by atoms with van der Waals surface area (Å²) < 4.78 is 5.19. The molecule has 0 bridgehead atoms. The SMILES string of the molecule is COc1ccc([N+](=O)[O-])cc1NC(=O)CCN1CCC(C(=O)c2ccc(CC(C)C)cc2)CC1. The van der Waals surface area contributed by atoms with E-state index in [1.165, 1.54) is 30.9 Å². The van der Waals surface area contributed by atoms with Crippen LogP contribution >= 0.6 is 0 Å². The topological polar surface area (TPSA) is 102 Å². The van der Waals surface area contributed by atoms with E-state index in [-0.39, 0.29) is 35.4 Å². The third kappa shape index (κ3) is 6.87.